The molecule has 1 fully saturated rings. The van der Waals surface area contributed by atoms with Gasteiger partial charge in [0.2, 0.25) is 5.91 Å². The Labute approximate surface area is 178 Å². The third-order valence-corrected chi connectivity index (χ3v) is 6.15. The fraction of sp³-hybridized carbons (Fsp3) is 0.261. The van der Waals surface area contributed by atoms with E-state index in [4.69, 9.17) is 0 Å². The molecule has 3 aromatic rings. The van der Waals surface area contributed by atoms with Crippen molar-refractivity contribution in [1.29, 1.82) is 0 Å². The number of amides is 2. The van der Waals surface area contributed by atoms with Gasteiger partial charge in [0.15, 0.2) is 5.13 Å². The van der Waals surface area contributed by atoms with Crippen molar-refractivity contribution in [3.8, 4) is 0 Å². The first kappa shape index (κ1) is 20.2. The Bertz CT molecular complexity index is 1030. The molecule has 0 radical (unpaired) electrons. The molecule has 2 aromatic carbocycles. The van der Waals surface area contributed by atoms with Gasteiger partial charge in [0.05, 0.1) is 17.7 Å². The molecule has 0 bridgehead atoms. The number of anilines is 1. The summed E-state index contributed by atoms with van der Waals surface area (Å²) in [6.45, 7) is 1.47. The smallest absolute Gasteiger partial charge is 0.260 e. The van der Waals surface area contributed by atoms with Gasteiger partial charge in [0.1, 0.15) is 5.82 Å². The van der Waals surface area contributed by atoms with Gasteiger partial charge in [0.25, 0.3) is 5.91 Å². The van der Waals surface area contributed by atoms with Crippen LogP contribution in [0.5, 0.6) is 0 Å². The van der Waals surface area contributed by atoms with E-state index < -0.39 is 11.7 Å². The van der Waals surface area contributed by atoms with Crippen molar-refractivity contribution >= 4 is 28.3 Å². The van der Waals surface area contributed by atoms with Gasteiger partial charge in [-0.1, -0.05) is 42.5 Å². The number of thiazole rings is 1. The third-order valence-electron chi connectivity index (χ3n) is 5.34. The predicted molar refractivity (Wildman–Crippen MR) is 115 cm³/mol. The Kier molecular flexibility index (Phi) is 6.18. The van der Waals surface area contributed by atoms with Crippen molar-refractivity contribution in [1.82, 2.24) is 9.88 Å². The lowest BCUT2D eigenvalue weighted by Crippen LogP contribution is -2.38. The topological polar surface area (TPSA) is 62.3 Å². The van der Waals surface area contributed by atoms with Gasteiger partial charge in [0, 0.05) is 18.5 Å². The maximum Gasteiger partial charge on any atom is 0.260 e. The van der Waals surface area contributed by atoms with E-state index in [1.165, 1.54) is 35.1 Å². The molecule has 4 rings (SSSR count). The molecular formula is C23H22FN3O2S. The summed E-state index contributed by atoms with van der Waals surface area (Å²) in [4.78, 5) is 31.1. The van der Waals surface area contributed by atoms with E-state index in [1.807, 2.05) is 11.0 Å². The second-order valence-electron chi connectivity index (χ2n) is 7.32. The van der Waals surface area contributed by atoms with Crippen LogP contribution in [0.1, 0.15) is 40.4 Å². The number of halogens is 1. The van der Waals surface area contributed by atoms with Crippen LogP contribution in [0.2, 0.25) is 0 Å². The maximum atomic E-state index is 13.7. The van der Waals surface area contributed by atoms with Crippen LogP contribution in [-0.4, -0.2) is 34.8 Å². The first-order valence-corrected chi connectivity index (χ1v) is 10.8. The molecule has 0 atom stereocenters. The molecule has 0 aliphatic carbocycles. The number of carbonyl (C=O) groups is 2. The van der Waals surface area contributed by atoms with Gasteiger partial charge in [-0.25, -0.2) is 9.37 Å². The summed E-state index contributed by atoms with van der Waals surface area (Å²) in [5.74, 6) is -0.599. The van der Waals surface area contributed by atoms with E-state index in [-0.39, 0.29) is 17.9 Å². The van der Waals surface area contributed by atoms with Crippen LogP contribution in [0.15, 0.2) is 60.0 Å². The summed E-state index contributed by atoms with van der Waals surface area (Å²) in [6.07, 6.45) is 2.11. The molecule has 1 N–H and O–H groups in total. The number of rotatable bonds is 5. The first-order valence-electron chi connectivity index (χ1n) is 9.93. The molecule has 7 heteroatoms. The average Bonchev–Trinajstić information content (AvgIpc) is 3.21. The highest BCUT2D eigenvalue weighted by atomic mass is 32.1. The molecule has 1 aliphatic heterocycles. The molecule has 30 heavy (non-hydrogen) atoms. The summed E-state index contributed by atoms with van der Waals surface area (Å²) in [5, 5.41) is 4.71. The van der Waals surface area contributed by atoms with Gasteiger partial charge in [-0.05, 0) is 36.5 Å². The lowest BCUT2D eigenvalue weighted by molar-refractivity contribution is -0.131. The SMILES string of the molecule is O=C(Nc1nc(CC(=O)N2CCC(c3ccccc3)CC2)cs1)c1ccccc1F. The lowest BCUT2D eigenvalue weighted by Gasteiger charge is -2.32. The van der Waals surface area contributed by atoms with Gasteiger partial charge >= 0.3 is 0 Å². The van der Waals surface area contributed by atoms with Crippen LogP contribution < -0.4 is 5.32 Å². The van der Waals surface area contributed by atoms with E-state index in [9.17, 15) is 14.0 Å². The zero-order valence-corrected chi connectivity index (χ0v) is 17.2. The average molecular weight is 424 g/mol. The minimum Gasteiger partial charge on any atom is -0.342 e. The van der Waals surface area contributed by atoms with Crippen molar-refractivity contribution in [3.63, 3.8) is 0 Å². The quantitative estimate of drug-likeness (QED) is 0.658. The standard InChI is InChI=1S/C23H22FN3O2S/c24-20-9-5-4-8-19(20)22(29)26-23-25-18(15-30-23)14-21(28)27-12-10-17(11-13-27)16-6-2-1-3-7-16/h1-9,15,17H,10-14H2,(H,25,26,29). The molecule has 2 heterocycles. The van der Waals surface area contributed by atoms with Crippen molar-refractivity contribution in [2.75, 3.05) is 18.4 Å². The second kappa shape index (κ2) is 9.17. The summed E-state index contributed by atoms with van der Waals surface area (Å²) in [6, 6.07) is 16.2. The molecule has 5 nitrogen and oxygen atoms in total. The summed E-state index contributed by atoms with van der Waals surface area (Å²) in [5.41, 5.74) is 1.91. The number of hydrogen-bond acceptors (Lipinski definition) is 4. The molecule has 1 aliphatic rings. The minimum atomic E-state index is -0.583. The molecule has 1 saturated heterocycles. The number of carbonyl (C=O) groups excluding carboxylic acids is 2. The maximum absolute atomic E-state index is 13.7. The van der Waals surface area contributed by atoms with Crippen LogP contribution in [0.25, 0.3) is 0 Å². The first-order chi connectivity index (χ1) is 14.6. The van der Waals surface area contributed by atoms with Crippen LogP contribution in [-0.2, 0) is 11.2 Å². The number of hydrogen-bond donors (Lipinski definition) is 1. The van der Waals surface area contributed by atoms with E-state index in [1.54, 1.807) is 11.4 Å². The van der Waals surface area contributed by atoms with Gasteiger partial charge in [-0.3, -0.25) is 14.9 Å². The normalized spacial score (nSPS) is 14.5. The minimum absolute atomic E-state index is 0.0355. The molecular weight excluding hydrogens is 401 g/mol. The van der Waals surface area contributed by atoms with E-state index >= 15 is 0 Å². The zero-order chi connectivity index (χ0) is 20.9. The highest BCUT2D eigenvalue weighted by Gasteiger charge is 2.24. The van der Waals surface area contributed by atoms with Crippen molar-refractivity contribution in [3.05, 3.63) is 82.6 Å². The van der Waals surface area contributed by atoms with Gasteiger partial charge in [-0.2, -0.15) is 0 Å². The molecule has 0 saturated carbocycles. The number of aromatic nitrogens is 1. The highest BCUT2D eigenvalue weighted by molar-refractivity contribution is 7.14. The number of benzene rings is 2. The van der Waals surface area contributed by atoms with Gasteiger partial charge in [-0.15, -0.1) is 11.3 Å². The van der Waals surface area contributed by atoms with Gasteiger partial charge < -0.3 is 4.90 Å². The molecule has 1 aromatic heterocycles. The molecule has 0 spiro atoms. The summed E-state index contributed by atoms with van der Waals surface area (Å²) >= 11 is 1.23. The van der Waals surface area contributed by atoms with Crippen LogP contribution >= 0.6 is 11.3 Å². The fourth-order valence-electron chi connectivity index (χ4n) is 3.71. The monoisotopic (exact) mass is 423 g/mol. The largest absolute Gasteiger partial charge is 0.342 e. The van der Waals surface area contributed by atoms with Crippen molar-refractivity contribution < 1.29 is 14.0 Å². The Balaban J connectivity index is 1.30. The number of piperidine rings is 1. The summed E-state index contributed by atoms with van der Waals surface area (Å²) in [7, 11) is 0. The predicted octanol–water partition coefficient (Wildman–Crippen LogP) is 4.48. The fourth-order valence-corrected chi connectivity index (χ4v) is 4.41. The summed E-state index contributed by atoms with van der Waals surface area (Å²) < 4.78 is 13.7. The third kappa shape index (κ3) is 4.74. The van der Waals surface area contributed by atoms with Crippen molar-refractivity contribution in [2.24, 2.45) is 0 Å². The second-order valence-corrected chi connectivity index (χ2v) is 8.18. The number of likely N-dealkylation sites (tertiary alicyclic amines) is 1. The molecule has 0 unspecified atom stereocenters. The Morgan fingerprint density at radius 1 is 1.07 bits per heavy atom. The zero-order valence-electron chi connectivity index (χ0n) is 16.4. The Morgan fingerprint density at radius 2 is 1.77 bits per heavy atom. The number of nitrogens with one attached hydrogen (secondary N) is 1. The van der Waals surface area contributed by atoms with Crippen LogP contribution in [0.4, 0.5) is 9.52 Å². The van der Waals surface area contributed by atoms with Crippen LogP contribution in [0, 0.1) is 5.82 Å². The van der Waals surface area contributed by atoms with E-state index in [2.05, 4.69) is 34.6 Å². The lowest BCUT2D eigenvalue weighted by atomic mass is 9.89. The Hall–Kier alpha value is -3.06. The highest BCUT2D eigenvalue weighted by Crippen LogP contribution is 2.28. The molecule has 154 valence electrons. The molecule has 2 amide bonds. The van der Waals surface area contributed by atoms with Crippen LogP contribution in [0.3, 0.4) is 0 Å². The Morgan fingerprint density at radius 3 is 2.50 bits per heavy atom. The van der Waals surface area contributed by atoms with E-state index in [0.29, 0.717) is 16.7 Å². The van der Waals surface area contributed by atoms with E-state index in [0.717, 1.165) is 25.9 Å². The van der Waals surface area contributed by atoms with Crippen molar-refractivity contribution in [2.45, 2.75) is 25.2 Å². The number of nitrogens with zero attached hydrogens (tertiary/aromatic N) is 2.